The van der Waals surface area contributed by atoms with Gasteiger partial charge in [0, 0.05) is 12.0 Å². The van der Waals surface area contributed by atoms with Gasteiger partial charge in [-0.15, -0.1) is 0 Å². The van der Waals surface area contributed by atoms with E-state index in [9.17, 15) is 28.4 Å². The van der Waals surface area contributed by atoms with Crippen LogP contribution < -0.4 is 14.2 Å². The molecule has 1 saturated carbocycles. The molecule has 238 valence electrons. The number of rotatable bonds is 14. The van der Waals surface area contributed by atoms with Crippen molar-refractivity contribution in [3.8, 4) is 11.5 Å². The van der Waals surface area contributed by atoms with E-state index in [0.29, 0.717) is 22.0 Å². The lowest BCUT2D eigenvalue weighted by Gasteiger charge is -2.28. The summed E-state index contributed by atoms with van der Waals surface area (Å²) in [4.78, 5) is 41.5. The molecule has 2 heterocycles. The molecule has 2 aliphatic rings. The number of carbonyl (C=O) groups is 3. The van der Waals surface area contributed by atoms with Crippen molar-refractivity contribution in [1.82, 2.24) is 4.90 Å². The average molecular weight is 682 g/mol. The second-order valence-electron chi connectivity index (χ2n) is 10.6. The molecule has 2 amide bonds. The van der Waals surface area contributed by atoms with Crippen LogP contribution in [0.15, 0.2) is 54.9 Å². The summed E-state index contributed by atoms with van der Waals surface area (Å²) in [5, 5.41) is 11.9. The predicted molar refractivity (Wildman–Crippen MR) is 163 cm³/mol. The van der Waals surface area contributed by atoms with Crippen LogP contribution in [0, 0.1) is 11.1 Å². The summed E-state index contributed by atoms with van der Waals surface area (Å²) >= 11 is 14.1. The monoisotopic (exact) mass is 680 g/mol. The Morgan fingerprint density at radius 3 is 2.29 bits per heavy atom. The predicted octanol–water partition coefficient (Wildman–Crippen LogP) is 6.26. The van der Waals surface area contributed by atoms with Gasteiger partial charge in [-0.05, 0) is 67.0 Å². The number of amides is 2. The number of pyridine rings is 1. The molecule has 9 nitrogen and oxygen atoms in total. The first-order valence-electron chi connectivity index (χ1n) is 14.0. The Morgan fingerprint density at radius 1 is 1.07 bits per heavy atom. The summed E-state index contributed by atoms with van der Waals surface area (Å²) in [5.41, 5.74) is 0.953. The minimum Gasteiger partial charge on any atom is -0.619 e. The quantitative estimate of drug-likeness (QED) is 0.0850. The van der Waals surface area contributed by atoms with E-state index < -0.39 is 36.5 Å². The lowest BCUT2D eigenvalue weighted by Crippen LogP contribution is -2.46. The van der Waals surface area contributed by atoms with Crippen molar-refractivity contribution in [1.29, 1.82) is 0 Å². The first-order valence-corrected chi connectivity index (χ1v) is 16.2. The lowest BCUT2D eigenvalue weighted by atomic mass is 10.0. The molecule has 5 rings (SSSR count). The molecular weight excluding hydrogens is 653 g/mol. The molecule has 1 aliphatic carbocycles. The standard InChI is InChI=1S/C31H28Cl2F2N2O7S/c1-45-11-10-24(37-28(38)19-4-2-3-5-20(19)29(37)39)30(40)43-26(13-21-22(32)14-36(41)15-23(21)33)18-8-9-25(44-31(34)35)27(12-18)42-16-17-6-7-17/h2-5,8-9,12,14-15,17,24,26,31H,6-7,10-11,13,16H2,1H3/t24?,26-/m0/s1. The highest BCUT2D eigenvalue weighted by atomic mass is 35.5. The number of nitrogens with zero attached hydrogens (tertiary/aromatic N) is 2. The first kappa shape index (κ1) is 32.8. The van der Waals surface area contributed by atoms with Gasteiger partial charge in [0.15, 0.2) is 23.9 Å². The molecule has 0 spiro atoms. The minimum absolute atomic E-state index is 0.000640. The van der Waals surface area contributed by atoms with Crippen LogP contribution in [-0.2, 0) is 16.0 Å². The van der Waals surface area contributed by atoms with Crippen LogP contribution in [0.2, 0.25) is 10.0 Å². The fourth-order valence-corrected chi connectivity index (χ4v) is 6.01. The molecule has 1 fully saturated rings. The van der Waals surface area contributed by atoms with Crippen LogP contribution >= 0.6 is 35.0 Å². The maximum absolute atomic E-state index is 13.9. The molecule has 1 aromatic heterocycles. The smallest absolute Gasteiger partial charge is 0.387 e. The molecule has 14 heteroatoms. The lowest BCUT2D eigenvalue weighted by molar-refractivity contribution is -0.605. The number of ether oxygens (including phenoxy) is 3. The van der Waals surface area contributed by atoms with Crippen molar-refractivity contribution in [2.45, 2.75) is 44.4 Å². The topological polar surface area (TPSA) is 109 Å². The fraction of sp³-hybridized carbons (Fsp3) is 0.355. The largest absolute Gasteiger partial charge is 0.619 e. The third-order valence-corrected chi connectivity index (χ3v) is 8.73. The molecule has 3 aromatic rings. The third kappa shape index (κ3) is 7.62. The van der Waals surface area contributed by atoms with Gasteiger partial charge >= 0.3 is 12.6 Å². The van der Waals surface area contributed by atoms with Gasteiger partial charge in [-0.1, -0.05) is 41.4 Å². The Bertz CT molecular complexity index is 1550. The molecule has 45 heavy (non-hydrogen) atoms. The van der Waals surface area contributed by atoms with Gasteiger partial charge in [0.1, 0.15) is 22.2 Å². The zero-order valence-corrected chi connectivity index (χ0v) is 26.2. The minimum atomic E-state index is -3.11. The second kappa shape index (κ2) is 14.2. The van der Waals surface area contributed by atoms with E-state index in [-0.39, 0.29) is 57.7 Å². The highest BCUT2D eigenvalue weighted by Gasteiger charge is 2.44. The van der Waals surface area contributed by atoms with Crippen LogP contribution in [0.5, 0.6) is 11.5 Å². The van der Waals surface area contributed by atoms with Crippen molar-refractivity contribution in [2.24, 2.45) is 5.92 Å². The third-order valence-electron chi connectivity index (χ3n) is 7.44. The van der Waals surface area contributed by atoms with E-state index in [1.165, 1.54) is 42.1 Å². The van der Waals surface area contributed by atoms with E-state index in [0.717, 1.165) is 30.1 Å². The summed E-state index contributed by atoms with van der Waals surface area (Å²) < 4.78 is 43.3. The van der Waals surface area contributed by atoms with Crippen LogP contribution in [-0.4, -0.2) is 54.0 Å². The zero-order valence-electron chi connectivity index (χ0n) is 23.9. The maximum atomic E-state index is 13.9. The molecule has 0 saturated heterocycles. The molecular formula is C31H28Cl2F2N2O7S. The highest BCUT2D eigenvalue weighted by molar-refractivity contribution is 7.98. The van der Waals surface area contributed by atoms with Gasteiger partial charge in [-0.3, -0.25) is 14.5 Å². The van der Waals surface area contributed by atoms with Crippen LogP contribution in [0.4, 0.5) is 8.78 Å². The number of aromatic nitrogens is 1. The van der Waals surface area contributed by atoms with Crippen molar-refractivity contribution >= 4 is 52.7 Å². The molecule has 1 unspecified atom stereocenters. The molecule has 2 aromatic carbocycles. The number of fused-ring (bicyclic) bond motifs is 1. The van der Waals surface area contributed by atoms with E-state index in [2.05, 4.69) is 4.74 Å². The fourth-order valence-electron chi connectivity index (χ4n) is 4.95. The van der Waals surface area contributed by atoms with Gasteiger partial charge < -0.3 is 19.4 Å². The van der Waals surface area contributed by atoms with Crippen molar-refractivity contribution in [3.63, 3.8) is 0 Å². The summed E-state index contributed by atoms with van der Waals surface area (Å²) in [6.45, 7) is -2.82. The van der Waals surface area contributed by atoms with E-state index >= 15 is 0 Å². The summed E-state index contributed by atoms with van der Waals surface area (Å²) in [5.74, 6) is -1.58. The van der Waals surface area contributed by atoms with E-state index in [1.54, 1.807) is 12.1 Å². The molecule has 1 aliphatic heterocycles. The average Bonchev–Trinajstić information content (AvgIpc) is 3.80. The maximum Gasteiger partial charge on any atom is 0.387 e. The number of esters is 1. The zero-order chi connectivity index (χ0) is 32.2. The van der Waals surface area contributed by atoms with Gasteiger partial charge in [-0.2, -0.15) is 25.3 Å². The van der Waals surface area contributed by atoms with Gasteiger partial charge in [0.25, 0.3) is 11.8 Å². The SMILES string of the molecule is CSCCC(C(=O)O[C@@H](Cc1c(Cl)c[n+]([O-])cc1Cl)c1ccc(OC(F)F)c(OCC2CC2)c1)N1C(=O)c2ccccc2C1=O. The Balaban J connectivity index is 1.51. The van der Waals surface area contributed by atoms with Crippen molar-refractivity contribution in [3.05, 3.63) is 92.4 Å². The molecule has 0 N–H and O–H groups in total. The highest BCUT2D eigenvalue weighted by Crippen LogP contribution is 2.38. The molecule has 0 radical (unpaired) electrons. The Hall–Kier alpha value is -3.61. The van der Waals surface area contributed by atoms with Crippen molar-refractivity contribution in [2.75, 3.05) is 18.6 Å². The van der Waals surface area contributed by atoms with Crippen LogP contribution in [0.1, 0.15) is 57.2 Å². The Kier molecular flexibility index (Phi) is 10.4. The Labute approximate surface area is 271 Å². The first-order chi connectivity index (χ1) is 21.6. The number of alkyl halides is 2. The van der Waals surface area contributed by atoms with Crippen LogP contribution in [0.3, 0.4) is 0 Å². The second-order valence-corrected chi connectivity index (χ2v) is 12.4. The van der Waals surface area contributed by atoms with E-state index in [1.807, 2.05) is 6.26 Å². The van der Waals surface area contributed by atoms with E-state index in [4.69, 9.17) is 32.7 Å². The summed E-state index contributed by atoms with van der Waals surface area (Å²) in [6, 6.07) is 9.15. The summed E-state index contributed by atoms with van der Waals surface area (Å²) in [6.07, 6.45) is 4.70. The number of carbonyl (C=O) groups excluding carboxylic acids is 3. The normalized spacial score (nSPS) is 15.6. The van der Waals surface area contributed by atoms with Crippen LogP contribution in [0.25, 0.3) is 0 Å². The van der Waals surface area contributed by atoms with Crippen molar-refractivity contribution < 1.29 is 42.1 Å². The number of benzene rings is 2. The number of thioether (sulfide) groups is 1. The van der Waals surface area contributed by atoms with Gasteiger partial charge in [0.2, 0.25) is 0 Å². The number of halogens is 4. The van der Waals surface area contributed by atoms with Gasteiger partial charge in [-0.25, -0.2) is 4.79 Å². The summed E-state index contributed by atoms with van der Waals surface area (Å²) in [7, 11) is 0. The van der Waals surface area contributed by atoms with Gasteiger partial charge in [0.05, 0.1) is 17.7 Å². The molecule has 2 atom stereocenters. The number of imide groups is 1. The molecule has 0 bridgehead atoms. The Morgan fingerprint density at radius 2 is 1.71 bits per heavy atom. The number of hydrogen-bond acceptors (Lipinski definition) is 8. The number of hydrogen-bond donors (Lipinski definition) is 0.